The Kier molecular flexibility index (Phi) is 13.2. The quantitative estimate of drug-likeness (QED) is 0.150. The first-order chi connectivity index (χ1) is 24.3. The lowest BCUT2D eigenvalue weighted by molar-refractivity contribution is -0.128. The number of likely N-dealkylation sites (tertiary alicyclic amines) is 1. The molecule has 0 bridgehead atoms. The number of benzene rings is 1. The number of thiophene rings is 1. The van der Waals surface area contributed by atoms with Crippen molar-refractivity contribution in [3.05, 3.63) is 45.3 Å². The lowest BCUT2D eigenvalue weighted by atomic mass is 9.80. The minimum Gasteiger partial charge on any atom is -0.438 e. The molecule has 4 heterocycles. The number of ether oxygens (including phenoxy) is 1. The average molecular weight is 725 g/mol. The Balaban J connectivity index is 1.02. The van der Waals surface area contributed by atoms with Crippen molar-refractivity contribution in [1.29, 1.82) is 0 Å². The monoisotopic (exact) mass is 724 g/mol. The van der Waals surface area contributed by atoms with Crippen molar-refractivity contribution in [3.63, 3.8) is 0 Å². The second kappa shape index (κ2) is 17.7. The number of nitrogens with two attached hydrogens (primary N) is 1. The normalized spacial score (nSPS) is 24.2. The van der Waals surface area contributed by atoms with Crippen LogP contribution in [0.3, 0.4) is 0 Å². The molecule has 0 spiro atoms. The number of anilines is 2. The number of aryl methyl sites for hydroxylation is 1. The van der Waals surface area contributed by atoms with Gasteiger partial charge < -0.3 is 26.0 Å². The summed E-state index contributed by atoms with van der Waals surface area (Å²) in [6.45, 7) is 5.53. The van der Waals surface area contributed by atoms with Crippen LogP contribution >= 0.6 is 22.9 Å². The molecule has 274 valence electrons. The van der Waals surface area contributed by atoms with E-state index in [1.807, 2.05) is 24.4 Å². The second-order valence-electron chi connectivity index (χ2n) is 15.5. The predicted octanol–water partition coefficient (Wildman–Crippen LogP) is 8.44. The zero-order chi connectivity index (χ0) is 35.0. The summed E-state index contributed by atoms with van der Waals surface area (Å²) in [5.41, 5.74) is 9.83. The number of rotatable bonds is 12. The maximum atomic E-state index is 13.9. The van der Waals surface area contributed by atoms with Crippen LogP contribution in [-0.4, -0.2) is 55.0 Å². The number of ketones is 1. The molecule has 2 aromatic rings. The van der Waals surface area contributed by atoms with Crippen LogP contribution in [0.15, 0.2) is 23.6 Å². The number of nitrogen functional groups attached to an aromatic ring is 1. The van der Waals surface area contributed by atoms with Crippen LogP contribution < -0.4 is 16.4 Å². The largest absolute Gasteiger partial charge is 0.438 e. The van der Waals surface area contributed by atoms with Gasteiger partial charge in [0.2, 0.25) is 5.91 Å². The van der Waals surface area contributed by atoms with Crippen molar-refractivity contribution in [2.75, 3.05) is 37.2 Å². The molecule has 3 aliphatic heterocycles. The van der Waals surface area contributed by atoms with Gasteiger partial charge in [-0.2, -0.15) is 0 Å². The number of carbonyl (C=O) groups is 3. The summed E-state index contributed by atoms with van der Waals surface area (Å²) in [5.74, 6) is 2.81. The fraction of sp³-hybridized carbons (Fsp3) is 0.675. The van der Waals surface area contributed by atoms with Crippen molar-refractivity contribution >= 4 is 51.4 Å². The van der Waals surface area contributed by atoms with Crippen LogP contribution in [0.5, 0.6) is 0 Å². The van der Waals surface area contributed by atoms with Crippen LogP contribution in [0.4, 0.5) is 15.5 Å². The first-order valence-electron chi connectivity index (χ1n) is 19.4. The number of Topliss-reactive ketones (excluding diaryl/α,β-unsaturated/α-hetero) is 1. The van der Waals surface area contributed by atoms with Crippen molar-refractivity contribution in [2.24, 2.45) is 29.6 Å². The lowest BCUT2D eigenvalue weighted by Gasteiger charge is -2.33. The van der Waals surface area contributed by atoms with Gasteiger partial charge in [0, 0.05) is 31.8 Å². The molecule has 2 saturated heterocycles. The van der Waals surface area contributed by atoms with Gasteiger partial charge in [0.1, 0.15) is 0 Å². The molecular formula is C40H57ClN4O4S. The summed E-state index contributed by atoms with van der Waals surface area (Å²) in [5, 5.41) is 10.1. The highest BCUT2D eigenvalue weighted by molar-refractivity contribution is 7.14. The van der Waals surface area contributed by atoms with E-state index in [2.05, 4.69) is 16.7 Å². The highest BCUT2D eigenvalue weighted by Crippen LogP contribution is 2.38. The topological polar surface area (TPSA) is 114 Å². The van der Waals surface area contributed by atoms with Crippen LogP contribution in [0.2, 0.25) is 5.02 Å². The van der Waals surface area contributed by atoms with Gasteiger partial charge >= 0.3 is 6.09 Å². The molecule has 10 heteroatoms. The maximum absolute atomic E-state index is 13.9. The van der Waals surface area contributed by atoms with Gasteiger partial charge in [-0.3, -0.25) is 9.59 Å². The first-order valence-corrected chi connectivity index (χ1v) is 20.7. The molecule has 1 aliphatic carbocycles. The van der Waals surface area contributed by atoms with E-state index in [1.54, 1.807) is 16.2 Å². The summed E-state index contributed by atoms with van der Waals surface area (Å²) >= 11 is 8.09. The minimum absolute atomic E-state index is 0.00192. The van der Waals surface area contributed by atoms with Gasteiger partial charge in [-0.05, 0) is 135 Å². The van der Waals surface area contributed by atoms with Crippen LogP contribution in [-0.2, 0) is 33.6 Å². The van der Waals surface area contributed by atoms with Crippen molar-refractivity contribution < 1.29 is 19.1 Å². The Hall–Kier alpha value is -2.62. The molecule has 4 aliphatic rings. The number of hydrogen-bond acceptors (Lipinski definition) is 7. The molecule has 50 heavy (non-hydrogen) atoms. The summed E-state index contributed by atoms with van der Waals surface area (Å²) in [6.07, 6.45) is 14.2. The molecule has 3 unspecified atom stereocenters. The highest BCUT2D eigenvalue weighted by atomic mass is 35.5. The third kappa shape index (κ3) is 9.62. The summed E-state index contributed by atoms with van der Waals surface area (Å²) in [4.78, 5) is 41.9. The zero-order valence-electron chi connectivity index (χ0n) is 29.9. The van der Waals surface area contributed by atoms with E-state index in [-0.39, 0.29) is 17.6 Å². The van der Waals surface area contributed by atoms with E-state index in [0.717, 1.165) is 86.0 Å². The average Bonchev–Trinajstić information content (AvgIpc) is 3.45. The van der Waals surface area contributed by atoms with Crippen LogP contribution in [0.25, 0.3) is 0 Å². The Morgan fingerprint density at radius 2 is 1.76 bits per heavy atom. The third-order valence-electron chi connectivity index (χ3n) is 12.3. The third-order valence-corrected chi connectivity index (χ3v) is 13.5. The fourth-order valence-electron chi connectivity index (χ4n) is 9.02. The van der Waals surface area contributed by atoms with E-state index in [0.29, 0.717) is 48.5 Å². The second-order valence-corrected chi connectivity index (χ2v) is 16.8. The van der Waals surface area contributed by atoms with Gasteiger partial charge in [-0.1, -0.05) is 50.3 Å². The van der Waals surface area contributed by atoms with E-state index in [9.17, 15) is 14.4 Å². The molecule has 4 atom stereocenters. The van der Waals surface area contributed by atoms with Crippen molar-refractivity contribution in [1.82, 2.24) is 10.2 Å². The van der Waals surface area contributed by atoms with Gasteiger partial charge in [0.25, 0.3) is 0 Å². The maximum Gasteiger partial charge on any atom is 0.410 e. The van der Waals surface area contributed by atoms with Crippen LogP contribution in [0.1, 0.15) is 107 Å². The fourth-order valence-corrected chi connectivity index (χ4v) is 10.1. The lowest BCUT2D eigenvalue weighted by Crippen LogP contribution is -2.42. The number of nitrogens with zero attached hydrogens (tertiary/aromatic N) is 1. The Bertz CT molecular complexity index is 1470. The number of carbonyl (C=O) groups excluding carboxylic acids is 3. The van der Waals surface area contributed by atoms with E-state index < -0.39 is 12.2 Å². The number of fused-ring (bicyclic) bond motifs is 1. The number of hydrogen-bond donors (Lipinski definition) is 3. The van der Waals surface area contributed by atoms with E-state index in [4.69, 9.17) is 22.1 Å². The Morgan fingerprint density at radius 1 is 1.00 bits per heavy atom. The number of nitrogens with one attached hydrogen (secondary N) is 2. The van der Waals surface area contributed by atoms with Gasteiger partial charge in [-0.25, -0.2) is 4.79 Å². The first kappa shape index (κ1) is 37.1. The molecule has 1 aromatic heterocycles. The summed E-state index contributed by atoms with van der Waals surface area (Å²) in [7, 11) is 0. The van der Waals surface area contributed by atoms with E-state index >= 15 is 0 Å². The van der Waals surface area contributed by atoms with Gasteiger partial charge in [0.05, 0.1) is 15.7 Å². The predicted molar refractivity (Wildman–Crippen MR) is 203 cm³/mol. The molecule has 2 amide bonds. The van der Waals surface area contributed by atoms with Gasteiger partial charge in [-0.15, -0.1) is 11.3 Å². The van der Waals surface area contributed by atoms with Crippen molar-refractivity contribution in [3.8, 4) is 0 Å². The number of piperidine rings is 2. The molecule has 6 rings (SSSR count). The Morgan fingerprint density at radius 3 is 2.54 bits per heavy atom. The summed E-state index contributed by atoms with van der Waals surface area (Å²) in [6, 6.07) is 5.92. The highest BCUT2D eigenvalue weighted by Gasteiger charge is 2.32. The van der Waals surface area contributed by atoms with E-state index in [1.165, 1.54) is 50.5 Å². The van der Waals surface area contributed by atoms with Gasteiger partial charge in [0.15, 0.2) is 11.9 Å². The smallest absolute Gasteiger partial charge is 0.410 e. The van der Waals surface area contributed by atoms with Crippen LogP contribution in [0, 0.1) is 29.6 Å². The zero-order valence-corrected chi connectivity index (χ0v) is 31.4. The summed E-state index contributed by atoms with van der Waals surface area (Å²) < 4.78 is 6.10. The molecule has 1 saturated carbocycles. The van der Waals surface area contributed by atoms with Crippen molar-refractivity contribution in [2.45, 2.75) is 116 Å². The number of amides is 2. The molecule has 0 radical (unpaired) electrons. The molecular weight excluding hydrogens is 668 g/mol. The Labute approximate surface area is 307 Å². The molecule has 8 nitrogen and oxygen atoms in total. The standard InChI is InChI=1S/C40H57ClN4O4S/c1-2-29-22-28(23-34(41)37(29)42)24-36(35(46)11-8-26-4-3-5-30(9-6-26)31-12-17-43-18-13-31)49-40(48)45-19-14-27(15-20-45)7-10-32-25-33-16-21-50-39(33)44-38(32)47/h16,21-23,26-27,30-32,36,43H,2-15,17-20,24-25,42H2,1H3,(H,44,47)/t26?,30?,32?,36-/m1/s1. The number of halogens is 1. The SMILES string of the molecule is CCc1cc(C[C@@H](OC(=O)N2CCC(CCC3Cc4ccsc4NC3=O)CC2)C(=O)CCC2CCCC(C3CCNCC3)CC2)cc(Cl)c1N. The molecule has 1 aromatic carbocycles. The molecule has 4 N–H and O–H groups in total. The molecule has 3 fully saturated rings. The minimum atomic E-state index is -0.857.